The summed E-state index contributed by atoms with van der Waals surface area (Å²) in [6.07, 6.45) is 5.46. The highest BCUT2D eigenvalue weighted by atomic mass is 16.7. The number of esters is 1. The monoisotopic (exact) mass is 472 g/mol. The van der Waals surface area contributed by atoms with Gasteiger partial charge in [-0.25, -0.2) is 14.8 Å². The van der Waals surface area contributed by atoms with Gasteiger partial charge in [-0.2, -0.15) is 4.80 Å². The molecule has 0 spiro atoms. The average molecular weight is 473 g/mol. The van der Waals surface area contributed by atoms with Crippen LogP contribution >= 0.6 is 0 Å². The molecule has 35 heavy (non-hydrogen) atoms. The van der Waals surface area contributed by atoms with Crippen LogP contribution < -0.4 is 9.47 Å². The largest absolute Gasteiger partial charge is 0.463 e. The zero-order valence-electron chi connectivity index (χ0n) is 19.3. The molecule has 0 saturated heterocycles. The van der Waals surface area contributed by atoms with Crippen molar-refractivity contribution in [3.63, 3.8) is 0 Å². The number of carbonyl (C=O) groups is 1. The number of ether oxygens (including phenoxy) is 3. The summed E-state index contributed by atoms with van der Waals surface area (Å²) in [5, 5.41) is 13.9. The van der Waals surface area contributed by atoms with Gasteiger partial charge in [0.1, 0.15) is 0 Å². The van der Waals surface area contributed by atoms with Crippen molar-refractivity contribution in [2.24, 2.45) is 0 Å². The number of allylic oxidation sites excluding steroid dienone is 1. The molecule has 178 valence electrons. The van der Waals surface area contributed by atoms with Gasteiger partial charge in [0.05, 0.1) is 13.2 Å². The van der Waals surface area contributed by atoms with E-state index in [2.05, 4.69) is 25.4 Å². The molecule has 4 heterocycles. The summed E-state index contributed by atoms with van der Waals surface area (Å²) >= 11 is 0. The molecule has 10 heteroatoms. The maximum absolute atomic E-state index is 12.2. The summed E-state index contributed by atoms with van der Waals surface area (Å²) in [5.41, 5.74) is 3.19. The van der Waals surface area contributed by atoms with Gasteiger partial charge in [0, 0.05) is 29.8 Å². The van der Waals surface area contributed by atoms with Gasteiger partial charge in [-0.3, -0.25) is 0 Å². The second-order valence-corrected chi connectivity index (χ2v) is 7.93. The van der Waals surface area contributed by atoms with Crippen LogP contribution in [0.25, 0.3) is 16.6 Å². The van der Waals surface area contributed by atoms with Crippen LogP contribution in [0.15, 0.2) is 54.7 Å². The summed E-state index contributed by atoms with van der Waals surface area (Å²) in [4.78, 5) is 22.6. The number of pyridine rings is 2. The summed E-state index contributed by atoms with van der Waals surface area (Å²) in [6.45, 7) is 2.48. The average Bonchev–Trinajstić information content (AvgIpc) is 3.52. The van der Waals surface area contributed by atoms with Gasteiger partial charge in [0.25, 0.3) is 0 Å². The number of fused-ring (bicyclic) bond motifs is 2. The topological polar surface area (TPSA) is 114 Å². The van der Waals surface area contributed by atoms with Crippen LogP contribution in [0.5, 0.6) is 11.5 Å². The molecule has 0 amide bonds. The van der Waals surface area contributed by atoms with Crippen molar-refractivity contribution in [2.75, 3.05) is 13.4 Å². The SMILES string of the molecule is CCOC(=O)/C=C(/Cn1nnc(CCCc2ccc3cccnc3n2)n1)c1ccc2c(c1)OCO2. The van der Waals surface area contributed by atoms with Crippen LogP contribution in [0.1, 0.15) is 30.4 Å². The van der Waals surface area contributed by atoms with Crippen molar-refractivity contribution in [3.05, 3.63) is 71.8 Å². The number of hydrogen-bond donors (Lipinski definition) is 0. The van der Waals surface area contributed by atoms with Gasteiger partial charge in [0.15, 0.2) is 23.0 Å². The van der Waals surface area contributed by atoms with Crippen molar-refractivity contribution >= 4 is 22.6 Å². The quantitative estimate of drug-likeness (QED) is 0.268. The first-order valence-corrected chi connectivity index (χ1v) is 11.4. The molecule has 4 aromatic rings. The minimum atomic E-state index is -0.433. The Labute approximate surface area is 201 Å². The van der Waals surface area contributed by atoms with Crippen LogP contribution in [-0.4, -0.2) is 49.5 Å². The fraction of sp³-hybridized carbons (Fsp3) is 0.280. The van der Waals surface area contributed by atoms with Crippen LogP contribution in [0, 0.1) is 0 Å². The molecule has 0 saturated carbocycles. The standard InChI is InChI=1S/C25H24N6O4/c1-2-33-24(32)14-19(18-9-11-21-22(13-18)35-16-34-21)15-31-29-23(28-30-31)7-3-6-20-10-8-17-5-4-12-26-25(17)27-20/h4-5,8-14H,2-3,6-7,15-16H2,1H3/b19-14-. The summed E-state index contributed by atoms with van der Waals surface area (Å²) < 4.78 is 16.0. The first kappa shape index (κ1) is 22.5. The molecule has 0 N–H and O–H groups in total. The Balaban J connectivity index is 1.25. The van der Waals surface area contributed by atoms with Crippen LogP contribution in [0.4, 0.5) is 0 Å². The molecule has 0 unspecified atom stereocenters. The number of carbonyl (C=O) groups excluding carboxylic acids is 1. The molecule has 1 aliphatic heterocycles. The van der Waals surface area contributed by atoms with Gasteiger partial charge in [-0.1, -0.05) is 6.07 Å². The minimum absolute atomic E-state index is 0.176. The van der Waals surface area contributed by atoms with E-state index in [9.17, 15) is 4.79 Å². The third kappa shape index (κ3) is 5.43. The van der Waals surface area contributed by atoms with E-state index in [1.54, 1.807) is 13.1 Å². The molecule has 0 radical (unpaired) electrons. The normalized spacial score (nSPS) is 12.8. The molecule has 5 rings (SSSR count). The molecule has 0 bridgehead atoms. The lowest BCUT2D eigenvalue weighted by molar-refractivity contribution is -0.137. The van der Waals surface area contributed by atoms with Gasteiger partial charge in [-0.05, 0) is 72.5 Å². The van der Waals surface area contributed by atoms with Crippen molar-refractivity contribution in [3.8, 4) is 11.5 Å². The van der Waals surface area contributed by atoms with Crippen molar-refractivity contribution < 1.29 is 19.0 Å². The molecular formula is C25H24N6O4. The van der Waals surface area contributed by atoms with E-state index in [1.807, 2.05) is 42.5 Å². The smallest absolute Gasteiger partial charge is 0.331 e. The van der Waals surface area contributed by atoms with E-state index in [1.165, 1.54) is 10.9 Å². The lowest BCUT2D eigenvalue weighted by atomic mass is 10.0. The number of nitrogens with zero attached hydrogens (tertiary/aromatic N) is 6. The maximum atomic E-state index is 12.2. The van der Waals surface area contributed by atoms with Crippen molar-refractivity contribution in [1.82, 2.24) is 30.2 Å². The molecule has 0 fully saturated rings. The van der Waals surface area contributed by atoms with E-state index in [0.29, 0.717) is 29.3 Å². The van der Waals surface area contributed by atoms with Crippen LogP contribution in [0.3, 0.4) is 0 Å². The fourth-order valence-electron chi connectivity index (χ4n) is 3.80. The number of tetrazole rings is 1. The Bertz CT molecular complexity index is 1380. The predicted octanol–water partition coefficient (Wildman–Crippen LogP) is 3.17. The van der Waals surface area contributed by atoms with E-state index < -0.39 is 5.97 Å². The number of rotatable bonds is 9. The van der Waals surface area contributed by atoms with E-state index >= 15 is 0 Å². The molecule has 1 aliphatic rings. The summed E-state index contributed by atoms with van der Waals surface area (Å²) in [6, 6.07) is 13.5. The molecule has 3 aromatic heterocycles. The Morgan fingerprint density at radius 1 is 1.14 bits per heavy atom. The van der Waals surface area contributed by atoms with E-state index in [-0.39, 0.29) is 19.9 Å². The zero-order valence-corrected chi connectivity index (χ0v) is 19.3. The van der Waals surface area contributed by atoms with Crippen molar-refractivity contribution in [2.45, 2.75) is 32.7 Å². The summed E-state index contributed by atoms with van der Waals surface area (Å²) in [5.74, 6) is 1.49. The fourth-order valence-corrected chi connectivity index (χ4v) is 3.80. The van der Waals surface area contributed by atoms with E-state index in [4.69, 9.17) is 14.2 Å². The predicted molar refractivity (Wildman–Crippen MR) is 127 cm³/mol. The highest BCUT2D eigenvalue weighted by Gasteiger charge is 2.17. The Kier molecular flexibility index (Phi) is 6.60. The third-order valence-electron chi connectivity index (χ3n) is 5.48. The molecule has 0 aliphatic carbocycles. The van der Waals surface area contributed by atoms with Gasteiger partial charge in [-0.15, -0.1) is 10.2 Å². The number of aryl methyl sites for hydroxylation is 2. The summed E-state index contributed by atoms with van der Waals surface area (Å²) in [7, 11) is 0. The number of aromatic nitrogens is 6. The Hall–Kier alpha value is -4.34. The highest BCUT2D eigenvalue weighted by Crippen LogP contribution is 2.34. The zero-order chi connectivity index (χ0) is 24.0. The van der Waals surface area contributed by atoms with Crippen molar-refractivity contribution in [1.29, 1.82) is 0 Å². The van der Waals surface area contributed by atoms with Gasteiger partial charge in [0.2, 0.25) is 6.79 Å². The highest BCUT2D eigenvalue weighted by molar-refractivity contribution is 5.91. The third-order valence-corrected chi connectivity index (χ3v) is 5.48. The van der Waals surface area contributed by atoms with E-state index in [0.717, 1.165) is 35.1 Å². The Morgan fingerprint density at radius 2 is 2.06 bits per heavy atom. The second kappa shape index (κ2) is 10.3. The molecule has 1 aromatic carbocycles. The maximum Gasteiger partial charge on any atom is 0.331 e. The lowest BCUT2D eigenvalue weighted by Crippen LogP contribution is -2.08. The molecule has 10 nitrogen and oxygen atoms in total. The van der Waals surface area contributed by atoms with Gasteiger partial charge < -0.3 is 14.2 Å². The van der Waals surface area contributed by atoms with Gasteiger partial charge >= 0.3 is 5.97 Å². The number of hydrogen-bond acceptors (Lipinski definition) is 9. The second-order valence-electron chi connectivity index (χ2n) is 7.93. The lowest BCUT2D eigenvalue weighted by Gasteiger charge is -2.08. The Morgan fingerprint density at radius 3 is 2.97 bits per heavy atom. The number of benzene rings is 1. The molecule has 0 atom stereocenters. The molecular weight excluding hydrogens is 448 g/mol. The van der Waals surface area contributed by atoms with Crippen LogP contribution in [-0.2, 0) is 28.9 Å². The minimum Gasteiger partial charge on any atom is -0.463 e. The van der Waals surface area contributed by atoms with Crippen LogP contribution in [0.2, 0.25) is 0 Å². The first-order valence-electron chi connectivity index (χ1n) is 11.4. The first-order chi connectivity index (χ1) is 17.2.